The van der Waals surface area contributed by atoms with Crippen molar-refractivity contribution >= 4 is 28.4 Å². The van der Waals surface area contributed by atoms with E-state index in [-0.39, 0.29) is 6.10 Å². The molecular formula is C16H20IN3O. The summed E-state index contributed by atoms with van der Waals surface area (Å²) in [4.78, 5) is 9.08. The summed E-state index contributed by atoms with van der Waals surface area (Å²) in [6, 6.07) is 7.80. The number of hydrogen-bond acceptors (Lipinski definition) is 4. The van der Waals surface area contributed by atoms with Gasteiger partial charge in [-0.05, 0) is 54.5 Å². The van der Waals surface area contributed by atoms with E-state index in [9.17, 15) is 0 Å². The van der Waals surface area contributed by atoms with Crippen LogP contribution in [0.4, 0.5) is 5.82 Å². The van der Waals surface area contributed by atoms with E-state index in [2.05, 4.69) is 46.4 Å². The quantitative estimate of drug-likeness (QED) is 0.784. The molecular weight excluding hydrogens is 377 g/mol. The van der Waals surface area contributed by atoms with Crippen molar-refractivity contribution in [3.63, 3.8) is 0 Å². The molecule has 1 aromatic heterocycles. The second-order valence-electron chi connectivity index (χ2n) is 5.48. The number of nitrogens with two attached hydrogens (primary N) is 1. The Morgan fingerprint density at radius 1 is 1.14 bits per heavy atom. The SMILES string of the molecule is CC(C)Oc1cccc(-c2nc(N)c(I)c(C(C)C)n2)c1. The lowest BCUT2D eigenvalue weighted by molar-refractivity contribution is 0.242. The van der Waals surface area contributed by atoms with Gasteiger partial charge in [-0.2, -0.15) is 0 Å². The van der Waals surface area contributed by atoms with E-state index in [0.29, 0.717) is 17.6 Å². The van der Waals surface area contributed by atoms with Gasteiger partial charge in [0.25, 0.3) is 0 Å². The molecule has 0 fully saturated rings. The Balaban J connectivity index is 2.47. The third-order valence-electron chi connectivity index (χ3n) is 2.91. The van der Waals surface area contributed by atoms with Gasteiger partial charge in [0, 0.05) is 5.56 Å². The molecule has 0 saturated carbocycles. The van der Waals surface area contributed by atoms with Crippen molar-refractivity contribution in [1.82, 2.24) is 9.97 Å². The summed E-state index contributed by atoms with van der Waals surface area (Å²) < 4.78 is 6.65. The molecule has 0 spiro atoms. The van der Waals surface area contributed by atoms with Gasteiger partial charge in [-0.1, -0.05) is 26.0 Å². The first-order chi connectivity index (χ1) is 9.88. The Morgan fingerprint density at radius 3 is 2.48 bits per heavy atom. The molecule has 0 aliphatic heterocycles. The molecule has 0 radical (unpaired) electrons. The molecule has 21 heavy (non-hydrogen) atoms. The predicted octanol–water partition coefficient (Wildman–Crippen LogP) is 4.24. The normalized spacial score (nSPS) is 11.2. The lowest BCUT2D eigenvalue weighted by Gasteiger charge is -2.13. The number of anilines is 1. The molecule has 112 valence electrons. The van der Waals surface area contributed by atoms with Crippen molar-refractivity contribution < 1.29 is 4.74 Å². The summed E-state index contributed by atoms with van der Waals surface area (Å²) in [6.07, 6.45) is 0.134. The van der Waals surface area contributed by atoms with Gasteiger partial charge in [0.05, 0.1) is 15.4 Å². The molecule has 1 heterocycles. The van der Waals surface area contributed by atoms with Gasteiger partial charge < -0.3 is 10.5 Å². The van der Waals surface area contributed by atoms with Crippen LogP contribution in [0.2, 0.25) is 0 Å². The zero-order valence-corrected chi connectivity index (χ0v) is 14.9. The van der Waals surface area contributed by atoms with Crippen molar-refractivity contribution in [2.45, 2.75) is 39.7 Å². The Hall–Kier alpha value is -1.37. The Kier molecular flexibility index (Phi) is 5.03. The lowest BCUT2D eigenvalue weighted by atomic mass is 10.1. The average molecular weight is 397 g/mol. The van der Waals surface area contributed by atoms with Gasteiger partial charge in [-0.15, -0.1) is 0 Å². The van der Waals surface area contributed by atoms with Gasteiger partial charge in [0.15, 0.2) is 5.82 Å². The van der Waals surface area contributed by atoms with Crippen molar-refractivity contribution in [3.05, 3.63) is 33.5 Å². The van der Waals surface area contributed by atoms with Crippen molar-refractivity contribution in [2.75, 3.05) is 5.73 Å². The Bertz CT molecular complexity index is 641. The maximum atomic E-state index is 6.03. The molecule has 0 amide bonds. The molecule has 5 heteroatoms. The summed E-state index contributed by atoms with van der Waals surface area (Å²) in [5.41, 5.74) is 7.92. The second-order valence-corrected chi connectivity index (χ2v) is 6.56. The number of hydrogen-bond donors (Lipinski definition) is 1. The van der Waals surface area contributed by atoms with Crippen molar-refractivity contribution in [3.8, 4) is 17.1 Å². The lowest BCUT2D eigenvalue weighted by Crippen LogP contribution is -2.07. The molecule has 0 aliphatic carbocycles. The zero-order chi connectivity index (χ0) is 15.6. The maximum Gasteiger partial charge on any atom is 0.161 e. The molecule has 2 N–H and O–H groups in total. The fraction of sp³-hybridized carbons (Fsp3) is 0.375. The van der Waals surface area contributed by atoms with E-state index in [4.69, 9.17) is 10.5 Å². The number of aromatic nitrogens is 2. The average Bonchev–Trinajstić information content (AvgIpc) is 2.41. The molecule has 0 atom stereocenters. The van der Waals surface area contributed by atoms with Crippen LogP contribution in [0, 0.1) is 3.57 Å². The monoisotopic (exact) mass is 397 g/mol. The summed E-state index contributed by atoms with van der Waals surface area (Å²) in [5.74, 6) is 2.29. The van der Waals surface area contributed by atoms with Crippen LogP contribution in [0.25, 0.3) is 11.4 Å². The Labute approximate surface area is 139 Å². The third-order valence-corrected chi connectivity index (χ3v) is 4.02. The minimum absolute atomic E-state index is 0.134. The van der Waals surface area contributed by atoms with E-state index in [1.165, 1.54) is 0 Å². The topological polar surface area (TPSA) is 61.0 Å². The molecule has 0 unspecified atom stereocenters. The van der Waals surface area contributed by atoms with Gasteiger partial charge in [-0.25, -0.2) is 9.97 Å². The van der Waals surface area contributed by atoms with Crippen LogP contribution in [-0.4, -0.2) is 16.1 Å². The highest BCUT2D eigenvalue weighted by molar-refractivity contribution is 14.1. The predicted molar refractivity (Wildman–Crippen MR) is 94.5 cm³/mol. The number of nitrogens with zero attached hydrogens (tertiary/aromatic N) is 2. The van der Waals surface area contributed by atoms with Crippen molar-refractivity contribution in [1.29, 1.82) is 0 Å². The van der Waals surface area contributed by atoms with Gasteiger partial charge >= 0.3 is 0 Å². The number of benzene rings is 1. The summed E-state index contributed by atoms with van der Waals surface area (Å²) in [7, 11) is 0. The maximum absolute atomic E-state index is 6.03. The minimum Gasteiger partial charge on any atom is -0.491 e. The highest BCUT2D eigenvalue weighted by Crippen LogP contribution is 2.28. The smallest absolute Gasteiger partial charge is 0.161 e. The van der Waals surface area contributed by atoms with Gasteiger partial charge in [-0.3, -0.25) is 0 Å². The number of halogens is 1. The first kappa shape index (κ1) is 16.0. The van der Waals surface area contributed by atoms with E-state index in [1.54, 1.807) is 0 Å². The molecule has 0 aliphatic rings. The number of nitrogen functional groups attached to an aromatic ring is 1. The van der Waals surface area contributed by atoms with Crippen LogP contribution >= 0.6 is 22.6 Å². The van der Waals surface area contributed by atoms with Crippen LogP contribution in [0.15, 0.2) is 24.3 Å². The highest BCUT2D eigenvalue weighted by atomic mass is 127. The Morgan fingerprint density at radius 2 is 1.86 bits per heavy atom. The van der Waals surface area contributed by atoms with E-state index in [0.717, 1.165) is 20.6 Å². The summed E-state index contributed by atoms with van der Waals surface area (Å²) in [5, 5.41) is 0. The standard InChI is InChI=1S/C16H20IN3O/c1-9(2)14-13(17)15(18)20-16(19-14)11-6-5-7-12(8-11)21-10(3)4/h5-10H,1-4H3,(H2,18,19,20). The summed E-state index contributed by atoms with van der Waals surface area (Å²) in [6.45, 7) is 8.21. The first-order valence-electron chi connectivity index (χ1n) is 6.98. The zero-order valence-electron chi connectivity index (χ0n) is 12.7. The molecule has 2 aromatic rings. The number of ether oxygens (including phenoxy) is 1. The first-order valence-corrected chi connectivity index (χ1v) is 8.06. The largest absolute Gasteiger partial charge is 0.491 e. The fourth-order valence-corrected chi connectivity index (χ4v) is 2.84. The van der Waals surface area contributed by atoms with Gasteiger partial charge in [0.1, 0.15) is 11.6 Å². The molecule has 0 saturated heterocycles. The molecule has 0 bridgehead atoms. The summed E-state index contributed by atoms with van der Waals surface area (Å²) >= 11 is 2.20. The molecule has 2 rings (SSSR count). The second kappa shape index (κ2) is 6.60. The van der Waals surface area contributed by atoms with E-state index in [1.807, 2.05) is 38.1 Å². The van der Waals surface area contributed by atoms with E-state index >= 15 is 0 Å². The van der Waals surface area contributed by atoms with Crippen LogP contribution < -0.4 is 10.5 Å². The minimum atomic E-state index is 0.134. The fourth-order valence-electron chi connectivity index (χ4n) is 1.97. The van der Waals surface area contributed by atoms with E-state index < -0.39 is 0 Å². The van der Waals surface area contributed by atoms with Gasteiger partial charge in [0.2, 0.25) is 0 Å². The molecule has 4 nitrogen and oxygen atoms in total. The number of rotatable bonds is 4. The van der Waals surface area contributed by atoms with Crippen LogP contribution in [-0.2, 0) is 0 Å². The van der Waals surface area contributed by atoms with Crippen molar-refractivity contribution in [2.24, 2.45) is 0 Å². The van der Waals surface area contributed by atoms with Crippen LogP contribution in [0.1, 0.15) is 39.3 Å². The van der Waals surface area contributed by atoms with Crippen LogP contribution in [0.5, 0.6) is 5.75 Å². The highest BCUT2D eigenvalue weighted by Gasteiger charge is 2.14. The van der Waals surface area contributed by atoms with Crippen LogP contribution in [0.3, 0.4) is 0 Å². The third kappa shape index (κ3) is 3.84. The molecule has 1 aromatic carbocycles.